The normalized spacial score (nSPS) is 15.7. The maximum atomic E-state index is 8.82. The maximum absolute atomic E-state index is 8.82. The summed E-state index contributed by atoms with van der Waals surface area (Å²) in [5.74, 6) is 0. The number of hydrogen-bond donors (Lipinski definition) is 1. The van der Waals surface area contributed by atoms with Gasteiger partial charge < -0.3 is 5.11 Å². The number of aliphatic hydroxyl groups is 1. The minimum atomic E-state index is 0.299. The second-order valence-electron chi connectivity index (χ2n) is 4.89. The van der Waals surface area contributed by atoms with Crippen LogP contribution in [0.25, 0.3) is 0 Å². The molecule has 0 bridgehead atoms. The van der Waals surface area contributed by atoms with Crippen molar-refractivity contribution in [2.75, 3.05) is 26.2 Å². The summed E-state index contributed by atoms with van der Waals surface area (Å²) in [6.07, 6.45) is 15.4. The Morgan fingerprint density at radius 1 is 0.895 bits per heavy atom. The van der Waals surface area contributed by atoms with Crippen LogP contribution in [0.15, 0.2) is 59.1 Å². The minimum absolute atomic E-state index is 0.299. The molecule has 0 atom stereocenters. The zero-order chi connectivity index (χ0) is 13.3. The lowest BCUT2D eigenvalue weighted by Gasteiger charge is -2.21. The molecule has 0 spiro atoms. The van der Waals surface area contributed by atoms with Crippen LogP contribution in [0.1, 0.15) is 19.3 Å². The van der Waals surface area contributed by atoms with E-state index in [9.17, 15) is 0 Å². The Labute approximate surface area is 115 Å². The predicted molar refractivity (Wildman–Crippen MR) is 78.8 cm³/mol. The third kappa shape index (κ3) is 4.90. The molecule has 0 heterocycles. The summed E-state index contributed by atoms with van der Waals surface area (Å²) in [4.78, 5) is 2.43. The molecule has 0 saturated heterocycles. The third-order valence-corrected chi connectivity index (χ3v) is 3.25. The maximum Gasteiger partial charge on any atom is 0.0431 e. The molecule has 0 aromatic carbocycles. The molecule has 19 heavy (non-hydrogen) atoms. The Kier molecular flexibility index (Phi) is 5.68. The molecule has 0 aromatic heterocycles. The van der Waals surface area contributed by atoms with E-state index in [0.29, 0.717) is 6.61 Å². The van der Waals surface area contributed by atoms with E-state index >= 15 is 0 Å². The van der Waals surface area contributed by atoms with Gasteiger partial charge in [-0.25, -0.2) is 0 Å². The number of rotatable bonds is 9. The van der Waals surface area contributed by atoms with E-state index in [1.165, 1.54) is 11.1 Å². The molecule has 0 fully saturated rings. The summed E-state index contributed by atoms with van der Waals surface area (Å²) in [6, 6.07) is 0. The van der Waals surface area contributed by atoms with Crippen LogP contribution >= 0.6 is 0 Å². The lowest BCUT2D eigenvalue weighted by molar-refractivity contribution is 0.271. The molecular formula is C17H21NO. The number of aliphatic hydroxyl groups excluding tert-OH is 1. The van der Waals surface area contributed by atoms with Crippen LogP contribution in [0.5, 0.6) is 0 Å². The summed E-state index contributed by atoms with van der Waals surface area (Å²) in [5.41, 5.74) is 9.00. The molecular weight excluding hydrogens is 234 g/mol. The average molecular weight is 255 g/mol. The van der Waals surface area contributed by atoms with E-state index in [-0.39, 0.29) is 0 Å². The molecule has 2 aliphatic rings. The van der Waals surface area contributed by atoms with E-state index in [1.807, 2.05) is 24.3 Å². The third-order valence-electron chi connectivity index (χ3n) is 3.25. The second kappa shape index (κ2) is 7.78. The second-order valence-corrected chi connectivity index (χ2v) is 4.89. The van der Waals surface area contributed by atoms with Crippen molar-refractivity contribution in [3.8, 4) is 0 Å². The van der Waals surface area contributed by atoms with E-state index in [1.54, 1.807) is 0 Å². The van der Waals surface area contributed by atoms with Gasteiger partial charge in [-0.2, -0.15) is 0 Å². The van der Waals surface area contributed by atoms with Crippen molar-refractivity contribution in [3.63, 3.8) is 0 Å². The summed E-state index contributed by atoms with van der Waals surface area (Å²) in [5, 5.41) is 8.82. The topological polar surface area (TPSA) is 23.5 Å². The highest BCUT2D eigenvalue weighted by molar-refractivity contribution is 5.32. The summed E-state index contributed by atoms with van der Waals surface area (Å²) in [6.45, 7) is 3.22. The highest BCUT2D eigenvalue weighted by atomic mass is 16.2. The Bertz CT molecular complexity index is 443. The Balaban J connectivity index is 1.84. The monoisotopic (exact) mass is 255 g/mol. The predicted octanol–water partition coefficient (Wildman–Crippen LogP) is 2.75. The molecule has 0 radical (unpaired) electrons. The van der Waals surface area contributed by atoms with Gasteiger partial charge in [0.15, 0.2) is 0 Å². The molecule has 0 aromatic rings. The van der Waals surface area contributed by atoms with Gasteiger partial charge >= 0.3 is 0 Å². The van der Waals surface area contributed by atoms with Crippen LogP contribution in [0.4, 0.5) is 0 Å². The van der Waals surface area contributed by atoms with E-state index in [4.69, 9.17) is 5.11 Å². The fourth-order valence-electron chi connectivity index (χ4n) is 2.25. The van der Waals surface area contributed by atoms with Crippen LogP contribution < -0.4 is 0 Å². The van der Waals surface area contributed by atoms with Gasteiger partial charge in [-0.05, 0) is 50.1 Å². The number of nitrogens with zero attached hydrogens (tertiary/aromatic N) is 1. The Morgan fingerprint density at radius 2 is 1.53 bits per heavy atom. The van der Waals surface area contributed by atoms with Gasteiger partial charge in [-0.15, -0.1) is 11.5 Å². The average Bonchev–Trinajstić information content (AvgIpc) is 3.08. The quantitative estimate of drug-likeness (QED) is 0.506. The van der Waals surface area contributed by atoms with Gasteiger partial charge in [0.25, 0.3) is 0 Å². The first-order valence-corrected chi connectivity index (χ1v) is 6.96. The first-order chi connectivity index (χ1) is 9.38. The molecule has 2 aliphatic carbocycles. The van der Waals surface area contributed by atoms with Crippen molar-refractivity contribution in [2.45, 2.75) is 19.3 Å². The summed E-state index contributed by atoms with van der Waals surface area (Å²) >= 11 is 0. The lowest BCUT2D eigenvalue weighted by atomic mass is 10.2. The first kappa shape index (κ1) is 13.9. The highest BCUT2D eigenvalue weighted by Gasteiger charge is 2.09. The lowest BCUT2D eigenvalue weighted by Crippen LogP contribution is -2.28. The van der Waals surface area contributed by atoms with Gasteiger partial charge in [0.1, 0.15) is 0 Å². The molecule has 0 saturated carbocycles. The largest absolute Gasteiger partial charge is 0.396 e. The molecule has 2 rings (SSSR count). The van der Waals surface area contributed by atoms with Gasteiger partial charge in [0.2, 0.25) is 0 Å². The standard InChI is InChI=1S/C17H21NO/c19-13-7-1-6-12-18(14-16-8-2-3-9-16)15-17-10-4-5-11-17/h2-5,8,10,19H,1,6-7,12-15H2. The highest BCUT2D eigenvalue weighted by Crippen LogP contribution is 2.11. The van der Waals surface area contributed by atoms with Crippen molar-refractivity contribution < 1.29 is 5.11 Å². The van der Waals surface area contributed by atoms with Crippen LogP contribution in [0, 0.1) is 0 Å². The van der Waals surface area contributed by atoms with E-state index in [0.717, 1.165) is 38.9 Å². The Morgan fingerprint density at radius 3 is 2.00 bits per heavy atom. The fraction of sp³-hybridized carbons (Fsp3) is 0.412. The zero-order valence-electron chi connectivity index (χ0n) is 11.3. The molecule has 100 valence electrons. The first-order valence-electron chi connectivity index (χ1n) is 6.96. The SMILES string of the molecule is OCCCCCN(CC1=C=CC=C1)CC1=C=CC=C1. The molecule has 0 aliphatic heterocycles. The van der Waals surface area contributed by atoms with Crippen molar-refractivity contribution in [1.29, 1.82) is 0 Å². The van der Waals surface area contributed by atoms with Gasteiger partial charge in [-0.1, -0.05) is 12.2 Å². The number of hydrogen-bond acceptors (Lipinski definition) is 2. The number of allylic oxidation sites excluding steroid dienone is 2. The van der Waals surface area contributed by atoms with Crippen LogP contribution in [0.3, 0.4) is 0 Å². The molecule has 1 N–H and O–H groups in total. The molecule has 2 nitrogen and oxygen atoms in total. The minimum Gasteiger partial charge on any atom is -0.396 e. The molecule has 0 unspecified atom stereocenters. The van der Waals surface area contributed by atoms with Gasteiger partial charge in [0.05, 0.1) is 0 Å². The van der Waals surface area contributed by atoms with Crippen molar-refractivity contribution in [3.05, 3.63) is 59.1 Å². The fourth-order valence-corrected chi connectivity index (χ4v) is 2.25. The summed E-state index contributed by atoms with van der Waals surface area (Å²) in [7, 11) is 0. The Hall–Kier alpha value is -1.56. The molecule has 0 amide bonds. The van der Waals surface area contributed by atoms with Gasteiger partial charge in [0, 0.05) is 30.8 Å². The smallest absolute Gasteiger partial charge is 0.0431 e. The van der Waals surface area contributed by atoms with Crippen molar-refractivity contribution >= 4 is 0 Å². The number of unbranched alkanes of at least 4 members (excludes halogenated alkanes) is 2. The van der Waals surface area contributed by atoms with Crippen LogP contribution in [-0.2, 0) is 0 Å². The van der Waals surface area contributed by atoms with Crippen molar-refractivity contribution in [2.24, 2.45) is 0 Å². The van der Waals surface area contributed by atoms with Gasteiger partial charge in [-0.3, -0.25) is 4.90 Å². The zero-order valence-corrected chi connectivity index (χ0v) is 11.3. The summed E-state index contributed by atoms with van der Waals surface area (Å²) < 4.78 is 0. The van der Waals surface area contributed by atoms with E-state index < -0.39 is 0 Å². The van der Waals surface area contributed by atoms with Crippen LogP contribution in [0.2, 0.25) is 0 Å². The molecule has 2 heteroatoms. The van der Waals surface area contributed by atoms with E-state index in [2.05, 4.69) is 28.5 Å². The van der Waals surface area contributed by atoms with Crippen molar-refractivity contribution in [1.82, 2.24) is 4.90 Å². The van der Waals surface area contributed by atoms with Crippen LogP contribution in [-0.4, -0.2) is 36.2 Å².